The highest BCUT2D eigenvalue weighted by Gasteiger charge is 2.55. The summed E-state index contributed by atoms with van der Waals surface area (Å²) in [7, 11) is 0. The Morgan fingerprint density at radius 2 is 1.02 bits per heavy atom. The van der Waals surface area contributed by atoms with E-state index in [9.17, 15) is 33.6 Å². The van der Waals surface area contributed by atoms with E-state index in [2.05, 4.69) is 0 Å². The second kappa shape index (κ2) is 20.1. The zero-order chi connectivity index (χ0) is 40.4. The molecule has 19 heteroatoms. The summed E-state index contributed by atoms with van der Waals surface area (Å²) in [5.74, 6) is -5.91. The highest BCUT2D eigenvalue weighted by molar-refractivity contribution is 5.69. The lowest BCUT2D eigenvalue weighted by atomic mass is 9.86. The first-order valence-electron chi connectivity index (χ1n) is 17.7. The van der Waals surface area contributed by atoms with Gasteiger partial charge in [-0.3, -0.25) is 33.6 Å². The SMILES string of the molecule is CCC1COC(OC2C(COC(C)=O)OCC(OC(C)=O)C2OC(C)=O)C(OC2OC(C)C(OC(C)=O)C(OC(C)=O)C2OC(C)=O)C(OC(C)=O)C1C. The lowest BCUT2D eigenvalue weighted by Crippen LogP contribution is -2.64. The number of hydrogen-bond donors (Lipinski definition) is 0. The molecule has 0 N–H and O–H groups in total. The molecule has 3 rings (SSSR count). The fraction of sp³-hybridized carbons (Fsp3) is 0.800. The number of esters is 7. The van der Waals surface area contributed by atoms with Gasteiger partial charge in [-0.2, -0.15) is 0 Å². The highest BCUT2D eigenvalue weighted by Crippen LogP contribution is 2.38. The third-order valence-corrected chi connectivity index (χ3v) is 8.97. The van der Waals surface area contributed by atoms with Crippen LogP contribution >= 0.6 is 0 Å². The van der Waals surface area contributed by atoms with Crippen molar-refractivity contribution in [3.8, 4) is 0 Å². The van der Waals surface area contributed by atoms with Gasteiger partial charge >= 0.3 is 41.8 Å². The molecule has 0 bridgehead atoms. The maximum Gasteiger partial charge on any atom is 0.303 e. The minimum atomic E-state index is -1.60. The number of ether oxygens (including phenoxy) is 12. The lowest BCUT2D eigenvalue weighted by molar-refractivity contribution is -0.348. The zero-order valence-electron chi connectivity index (χ0n) is 32.2. The molecule has 0 aromatic rings. The Morgan fingerprint density at radius 3 is 1.56 bits per heavy atom. The van der Waals surface area contributed by atoms with E-state index in [1.807, 2.05) is 13.8 Å². The van der Waals surface area contributed by atoms with Gasteiger partial charge in [0.05, 0.1) is 19.3 Å². The molecule has 0 aromatic heterocycles. The number of carbonyl (C=O) groups is 7. The molecule has 14 unspecified atom stereocenters. The molecule has 0 spiro atoms. The van der Waals surface area contributed by atoms with E-state index in [1.165, 1.54) is 20.8 Å². The van der Waals surface area contributed by atoms with Gasteiger partial charge < -0.3 is 56.8 Å². The monoisotopic (exact) mass is 776 g/mol. The number of hydrogen-bond acceptors (Lipinski definition) is 19. The van der Waals surface area contributed by atoms with Gasteiger partial charge in [-0.05, 0) is 12.8 Å². The van der Waals surface area contributed by atoms with Gasteiger partial charge in [0.25, 0.3) is 0 Å². The van der Waals surface area contributed by atoms with Gasteiger partial charge in [-0.1, -0.05) is 20.3 Å². The van der Waals surface area contributed by atoms with Crippen molar-refractivity contribution in [1.29, 1.82) is 0 Å². The van der Waals surface area contributed by atoms with E-state index in [1.54, 1.807) is 0 Å². The standard InChI is InChI=1S/C35H52O19/c1-11-24-12-45-34(53-29-25(13-43-17(4)36)44-14-26(47-18(5)37)30(29)50-21(8)40)32(27(15(24)2)48-19(6)38)54-35-33(52-23(10)42)31(51-22(9)41)28(16(3)46-35)49-20(7)39/h15-16,24-35H,11-14H2,1-10H3. The van der Waals surface area contributed by atoms with E-state index in [4.69, 9.17) is 56.8 Å². The molecule has 0 saturated carbocycles. The topological polar surface area (TPSA) is 230 Å². The van der Waals surface area contributed by atoms with E-state index >= 15 is 0 Å². The van der Waals surface area contributed by atoms with Crippen LogP contribution in [0.3, 0.4) is 0 Å². The molecule has 0 radical (unpaired) electrons. The van der Waals surface area contributed by atoms with E-state index in [0.29, 0.717) is 6.42 Å². The molecule has 0 aromatic carbocycles. The van der Waals surface area contributed by atoms with Crippen LogP contribution in [0.1, 0.15) is 75.7 Å². The predicted molar refractivity (Wildman–Crippen MR) is 176 cm³/mol. The van der Waals surface area contributed by atoms with Gasteiger partial charge in [0, 0.05) is 54.4 Å². The molecule has 3 aliphatic heterocycles. The van der Waals surface area contributed by atoms with Crippen LogP contribution in [0.15, 0.2) is 0 Å². The van der Waals surface area contributed by atoms with Gasteiger partial charge in [0.2, 0.25) is 0 Å². The summed E-state index contributed by atoms with van der Waals surface area (Å²) in [6.07, 6.45) is -15.4. The van der Waals surface area contributed by atoms with Gasteiger partial charge in [0.1, 0.15) is 31.0 Å². The Labute approximate surface area is 313 Å². The maximum atomic E-state index is 12.7. The van der Waals surface area contributed by atoms with Crippen molar-refractivity contribution < 1.29 is 90.4 Å². The van der Waals surface area contributed by atoms with Crippen LogP contribution in [-0.2, 0) is 90.4 Å². The Kier molecular flexibility index (Phi) is 16.6. The first kappa shape index (κ1) is 44.5. The fourth-order valence-corrected chi connectivity index (χ4v) is 6.68. The smallest absolute Gasteiger partial charge is 0.303 e. The largest absolute Gasteiger partial charge is 0.463 e. The molecule has 54 heavy (non-hydrogen) atoms. The van der Waals surface area contributed by atoms with Crippen molar-refractivity contribution in [2.75, 3.05) is 19.8 Å². The van der Waals surface area contributed by atoms with Gasteiger partial charge in [-0.25, -0.2) is 0 Å². The average molecular weight is 777 g/mol. The molecule has 3 heterocycles. The Bertz CT molecular complexity index is 1350. The van der Waals surface area contributed by atoms with Crippen molar-refractivity contribution >= 4 is 41.8 Å². The average Bonchev–Trinajstić information content (AvgIpc) is 3.16. The van der Waals surface area contributed by atoms with Crippen molar-refractivity contribution in [1.82, 2.24) is 0 Å². The third kappa shape index (κ3) is 12.3. The van der Waals surface area contributed by atoms with E-state index in [-0.39, 0.29) is 25.7 Å². The molecule has 0 amide bonds. The van der Waals surface area contributed by atoms with Crippen LogP contribution in [0.2, 0.25) is 0 Å². The van der Waals surface area contributed by atoms with Crippen LogP contribution in [-0.4, -0.2) is 135 Å². The summed E-state index contributed by atoms with van der Waals surface area (Å²) < 4.78 is 70.2. The summed E-state index contributed by atoms with van der Waals surface area (Å²) in [5, 5.41) is 0. The number of rotatable bonds is 13. The second-order valence-corrected chi connectivity index (χ2v) is 13.3. The predicted octanol–water partition coefficient (Wildman–Crippen LogP) is 1.07. The summed E-state index contributed by atoms with van der Waals surface area (Å²) >= 11 is 0. The van der Waals surface area contributed by atoms with Crippen molar-refractivity contribution in [3.63, 3.8) is 0 Å². The first-order valence-corrected chi connectivity index (χ1v) is 17.7. The molecule has 0 aliphatic carbocycles. The van der Waals surface area contributed by atoms with E-state index < -0.39 is 121 Å². The molecule has 3 saturated heterocycles. The molecule has 14 atom stereocenters. The summed E-state index contributed by atoms with van der Waals surface area (Å²) in [4.78, 5) is 85.9. The van der Waals surface area contributed by atoms with E-state index in [0.717, 1.165) is 34.6 Å². The normalized spacial score (nSPS) is 35.3. The van der Waals surface area contributed by atoms with Crippen molar-refractivity contribution in [3.05, 3.63) is 0 Å². The minimum absolute atomic E-state index is 0.0354. The Hall–Kier alpha value is -3.91. The Morgan fingerprint density at radius 1 is 0.519 bits per heavy atom. The molecular formula is C35H52O19. The third-order valence-electron chi connectivity index (χ3n) is 8.97. The van der Waals surface area contributed by atoms with Gasteiger partial charge in [-0.15, -0.1) is 0 Å². The second-order valence-electron chi connectivity index (χ2n) is 13.3. The Balaban J connectivity index is 2.19. The zero-order valence-corrected chi connectivity index (χ0v) is 32.2. The van der Waals surface area contributed by atoms with Crippen LogP contribution in [0.4, 0.5) is 0 Å². The highest BCUT2D eigenvalue weighted by atomic mass is 16.8. The quantitative estimate of drug-likeness (QED) is 0.188. The van der Waals surface area contributed by atoms with Crippen LogP contribution in [0.5, 0.6) is 0 Å². The molecule has 306 valence electrons. The van der Waals surface area contributed by atoms with Crippen molar-refractivity contribution in [2.24, 2.45) is 11.8 Å². The molecular weight excluding hydrogens is 724 g/mol. The molecule has 3 aliphatic rings. The molecule has 3 fully saturated rings. The number of carbonyl (C=O) groups excluding carboxylic acids is 7. The van der Waals surface area contributed by atoms with Crippen LogP contribution in [0.25, 0.3) is 0 Å². The van der Waals surface area contributed by atoms with Crippen LogP contribution in [0, 0.1) is 11.8 Å². The fourth-order valence-electron chi connectivity index (χ4n) is 6.68. The van der Waals surface area contributed by atoms with Crippen molar-refractivity contribution in [2.45, 2.75) is 149 Å². The van der Waals surface area contributed by atoms with Crippen LogP contribution < -0.4 is 0 Å². The lowest BCUT2D eigenvalue weighted by Gasteiger charge is -2.46. The minimum Gasteiger partial charge on any atom is -0.463 e. The van der Waals surface area contributed by atoms with Gasteiger partial charge in [0.15, 0.2) is 43.1 Å². The first-order chi connectivity index (χ1) is 25.3. The summed E-state index contributed by atoms with van der Waals surface area (Å²) in [6, 6.07) is 0. The molecule has 19 nitrogen and oxygen atoms in total. The maximum absolute atomic E-state index is 12.7. The summed E-state index contributed by atoms with van der Waals surface area (Å²) in [5.41, 5.74) is 0. The summed E-state index contributed by atoms with van der Waals surface area (Å²) in [6.45, 7) is 12.6.